The molecule has 2 aromatic carbocycles. The van der Waals surface area contributed by atoms with Crippen LogP contribution in [0.2, 0.25) is 10.0 Å². The number of hydrogen-bond donors (Lipinski definition) is 2. The van der Waals surface area contributed by atoms with E-state index in [0.717, 1.165) is 17.0 Å². The Morgan fingerprint density at radius 2 is 1.90 bits per heavy atom. The molecule has 0 unspecified atom stereocenters. The summed E-state index contributed by atoms with van der Waals surface area (Å²) in [5, 5.41) is 8.20. The van der Waals surface area contributed by atoms with Crippen molar-refractivity contribution < 1.29 is 0 Å². The Morgan fingerprint density at radius 3 is 2.71 bits per heavy atom. The van der Waals surface area contributed by atoms with Crippen LogP contribution in [0.1, 0.15) is 11.4 Å². The normalized spacial score (nSPS) is 10.8. The Balaban J connectivity index is 1.87. The van der Waals surface area contributed by atoms with Crippen molar-refractivity contribution >= 4 is 28.9 Å². The minimum atomic E-state index is 0.532. The van der Waals surface area contributed by atoms with Crippen LogP contribution in [0.4, 0.5) is 5.69 Å². The number of nitrogen functional groups attached to an aromatic ring is 1. The highest BCUT2D eigenvalue weighted by atomic mass is 35.5. The molecule has 0 spiro atoms. The molecule has 3 N–H and O–H groups in total. The molecule has 0 amide bonds. The molecule has 0 radical (unpaired) electrons. The lowest BCUT2D eigenvalue weighted by Gasteiger charge is -2.02. The molecule has 106 valence electrons. The number of hydrogen-bond acceptors (Lipinski definition) is 3. The molecule has 0 saturated heterocycles. The number of anilines is 1. The number of nitrogens with zero attached hydrogens (tertiary/aromatic N) is 2. The van der Waals surface area contributed by atoms with Gasteiger partial charge < -0.3 is 5.73 Å². The van der Waals surface area contributed by atoms with Crippen LogP contribution in [0, 0.1) is 0 Å². The molecular weight excluding hydrogens is 307 g/mol. The Hall–Kier alpha value is -2.04. The van der Waals surface area contributed by atoms with Gasteiger partial charge >= 0.3 is 0 Å². The van der Waals surface area contributed by atoms with E-state index >= 15 is 0 Å². The summed E-state index contributed by atoms with van der Waals surface area (Å²) in [6.07, 6.45) is 0.536. The van der Waals surface area contributed by atoms with Gasteiger partial charge in [-0.05, 0) is 23.8 Å². The summed E-state index contributed by atoms with van der Waals surface area (Å²) < 4.78 is 0. The smallest absolute Gasteiger partial charge is 0.181 e. The van der Waals surface area contributed by atoms with Crippen LogP contribution < -0.4 is 5.73 Å². The molecule has 0 aliphatic rings. The highest BCUT2D eigenvalue weighted by Gasteiger charge is 2.10. The van der Waals surface area contributed by atoms with Gasteiger partial charge in [-0.15, -0.1) is 0 Å². The molecule has 21 heavy (non-hydrogen) atoms. The minimum absolute atomic E-state index is 0.532. The van der Waals surface area contributed by atoms with E-state index in [1.807, 2.05) is 36.4 Å². The number of H-pyrrole nitrogens is 1. The van der Waals surface area contributed by atoms with Crippen LogP contribution in [-0.2, 0) is 6.42 Å². The zero-order valence-electron chi connectivity index (χ0n) is 11.0. The van der Waals surface area contributed by atoms with E-state index in [1.165, 1.54) is 0 Å². The summed E-state index contributed by atoms with van der Waals surface area (Å²) in [6.45, 7) is 0. The molecule has 6 heteroatoms. The number of nitrogens with two attached hydrogens (primary N) is 1. The van der Waals surface area contributed by atoms with E-state index in [1.54, 1.807) is 6.07 Å². The number of halogens is 2. The first-order valence-corrected chi connectivity index (χ1v) is 7.09. The molecule has 3 rings (SSSR count). The van der Waals surface area contributed by atoms with E-state index in [2.05, 4.69) is 15.2 Å². The van der Waals surface area contributed by atoms with Crippen LogP contribution in [-0.4, -0.2) is 15.2 Å². The predicted octanol–water partition coefficient (Wildman–Crippen LogP) is 3.95. The van der Waals surface area contributed by atoms with E-state index in [9.17, 15) is 0 Å². The van der Waals surface area contributed by atoms with Crippen molar-refractivity contribution in [2.45, 2.75) is 6.42 Å². The van der Waals surface area contributed by atoms with Crippen LogP contribution >= 0.6 is 23.2 Å². The number of aromatic amines is 1. The fourth-order valence-electron chi connectivity index (χ4n) is 2.05. The van der Waals surface area contributed by atoms with Gasteiger partial charge in [0.25, 0.3) is 0 Å². The van der Waals surface area contributed by atoms with Crippen molar-refractivity contribution in [3.63, 3.8) is 0 Å². The highest BCUT2D eigenvalue weighted by Crippen LogP contribution is 2.27. The van der Waals surface area contributed by atoms with Gasteiger partial charge in [-0.25, -0.2) is 4.98 Å². The summed E-state index contributed by atoms with van der Waals surface area (Å²) in [6, 6.07) is 13.0. The SMILES string of the molecule is Nc1cccc(-c2n[nH]c(Cc3cccc(Cl)c3Cl)n2)c1. The number of benzene rings is 2. The zero-order valence-corrected chi connectivity index (χ0v) is 12.5. The molecule has 0 atom stereocenters. The van der Waals surface area contributed by atoms with Gasteiger partial charge in [0.05, 0.1) is 10.0 Å². The van der Waals surface area contributed by atoms with Crippen molar-refractivity contribution in [2.75, 3.05) is 5.73 Å². The maximum absolute atomic E-state index is 6.18. The van der Waals surface area contributed by atoms with Crippen LogP contribution in [0.15, 0.2) is 42.5 Å². The van der Waals surface area contributed by atoms with E-state index in [4.69, 9.17) is 28.9 Å². The third-order valence-electron chi connectivity index (χ3n) is 3.07. The van der Waals surface area contributed by atoms with Crippen LogP contribution in [0.25, 0.3) is 11.4 Å². The van der Waals surface area contributed by atoms with Crippen molar-refractivity contribution in [3.05, 3.63) is 63.9 Å². The first kappa shape index (κ1) is 13.9. The number of rotatable bonds is 3. The molecule has 3 aromatic rings. The number of nitrogens with one attached hydrogen (secondary N) is 1. The van der Waals surface area contributed by atoms with Crippen molar-refractivity contribution in [1.82, 2.24) is 15.2 Å². The fourth-order valence-corrected chi connectivity index (χ4v) is 2.43. The van der Waals surface area contributed by atoms with Crippen molar-refractivity contribution in [1.29, 1.82) is 0 Å². The van der Waals surface area contributed by atoms with E-state index in [0.29, 0.717) is 28.0 Å². The lowest BCUT2D eigenvalue weighted by Crippen LogP contribution is -1.92. The molecule has 0 aliphatic carbocycles. The lowest BCUT2D eigenvalue weighted by molar-refractivity contribution is 0.973. The molecule has 0 fully saturated rings. The standard InChI is InChI=1S/C15H12Cl2N4/c16-12-6-2-3-9(14(12)17)8-13-19-15(21-20-13)10-4-1-5-11(18)7-10/h1-7H,8,18H2,(H,19,20,21). The van der Waals surface area contributed by atoms with Crippen molar-refractivity contribution in [2.24, 2.45) is 0 Å². The summed E-state index contributed by atoms with van der Waals surface area (Å²) in [7, 11) is 0. The largest absolute Gasteiger partial charge is 0.399 e. The summed E-state index contributed by atoms with van der Waals surface area (Å²) in [4.78, 5) is 4.46. The summed E-state index contributed by atoms with van der Waals surface area (Å²) >= 11 is 12.2. The molecule has 1 aromatic heterocycles. The first-order valence-electron chi connectivity index (χ1n) is 6.33. The van der Waals surface area contributed by atoms with Gasteiger partial charge in [0.2, 0.25) is 0 Å². The minimum Gasteiger partial charge on any atom is -0.399 e. The Labute approximate surface area is 131 Å². The van der Waals surface area contributed by atoms with Gasteiger partial charge in [-0.3, -0.25) is 5.10 Å². The molecule has 0 bridgehead atoms. The number of aromatic nitrogens is 3. The predicted molar refractivity (Wildman–Crippen MR) is 85.5 cm³/mol. The van der Waals surface area contributed by atoms with Gasteiger partial charge in [0.15, 0.2) is 5.82 Å². The summed E-state index contributed by atoms with van der Waals surface area (Å²) in [5.74, 6) is 1.33. The van der Waals surface area contributed by atoms with Gasteiger partial charge in [0.1, 0.15) is 5.82 Å². The zero-order chi connectivity index (χ0) is 14.8. The molecule has 4 nitrogen and oxygen atoms in total. The second kappa shape index (κ2) is 5.76. The quantitative estimate of drug-likeness (QED) is 0.718. The van der Waals surface area contributed by atoms with Crippen molar-refractivity contribution in [3.8, 4) is 11.4 Å². The third-order valence-corrected chi connectivity index (χ3v) is 3.92. The maximum atomic E-state index is 6.18. The third kappa shape index (κ3) is 3.01. The second-order valence-corrected chi connectivity index (χ2v) is 5.41. The lowest BCUT2D eigenvalue weighted by atomic mass is 10.1. The van der Waals surface area contributed by atoms with E-state index in [-0.39, 0.29) is 0 Å². The molecule has 1 heterocycles. The van der Waals surface area contributed by atoms with Gasteiger partial charge in [-0.1, -0.05) is 47.5 Å². The van der Waals surface area contributed by atoms with Crippen LogP contribution in [0.5, 0.6) is 0 Å². The Kier molecular flexibility index (Phi) is 3.82. The maximum Gasteiger partial charge on any atom is 0.181 e. The Morgan fingerprint density at radius 1 is 1.10 bits per heavy atom. The average Bonchev–Trinajstić information content (AvgIpc) is 2.93. The average molecular weight is 319 g/mol. The van der Waals surface area contributed by atoms with Gasteiger partial charge in [0, 0.05) is 17.7 Å². The summed E-state index contributed by atoms with van der Waals surface area (Å²) in [5.41, 5.74) is 8.21. The second-order valence-electron chi connectivity index (χ2n) is 4.62. The first-order chi connectivity index (χ1) is 10.1. The monoisotopic (exact) mass is 318 g/mol. The molecule has 0 saturated carbocycles. The fraction of sp³-hybridized carbons (Fsp3) is 0.0667. The molecular formula is C15H12Cl2N4. The van der Waals surface area contributed by atoms with E-state index < -0.39 is 0 Å². The topological polar surface area (TPSA) is 67.6 Å². The molecule has 0 aliphatic heterocycles. The van der Waals surface area contributed by atoms with Crippen LogP contribution in [0.3, 0.4) is 0 Å². The van der Waals surface area contributed by atoms with Gasteiger partial charge in [-0.2, -0.15) is 5.10 Å². The highest BCUT2D eigenvalue weighted by molar-refractivity contribution is 6.42. The Bertz CT molecular complexity index is 783.